The van der Waals surface area contributed by atoms with Gasteiger partial charge in [-0.05, 0) is 17.7 Å². The lowest BCUT2D eigenvalue weighted by molar-refractivity contribution is -0.125. The van der Waals surface area contributed by atoms with E-state index in [2.05, 4.69) is 5.32 Å². The second-order valence-corrected chi connectivity index (χ2v) is 4.20. The minimum atomic E-state index is -4.39. The van der Waals surface area contributed by atoms with Crippen molar-refractivity contribution >= 4 is 11.6 Å². The molecule has 1 aliphatic rings. The monoisotopic (exact) mass is 292 g/mol. The van der Waals surface area contributed by atoms with Crippen molar-refractivity contribution in [2.45, 2.75) is 12.2 Å². The van der Waals surface area contributed by atoms with Gasteiger partial charge in [-0.15, -0.1) is 0 Å². The van der Waals surface area contributed by atoms with Crippen molar-refractivity contribution < 1.29 is 22.6 Å². The summed E-state index contributed by atoms with van der Waals surface area (Å²) in [5.74, 6) is 0.648. The summed E-state index contributed by atoms with van der Waals surface area (Å²) in [5, 5.41) is 11.2. The first kappa shape index (κ1) is 13.8. The van der Waals surface area contributed by atoms with E-state index in [1.807, 2.05) is 0 Å². The molecular formula is C11H8ClF3N2O2. The van der Waals surface area contributed by atoms with Crippen LogP contribution in [-0.2, 0) is 0 Å². The first-order valence-electron chi connectivity index (χ1n) is 5.19. The summed E-state index contributed by atoms with van der Waals surface area (Å²) in [4.78, 5) is 0. The van der Waals surface area contributed by atoms with Gasteiger partial charge in [-0.25, -0.2) is 0 Å². The SMILES string of the molecule is N#CC(NCC(F)(F)F)c1cc(Cl)c2c(c1)OCO2. The number of nitriles is 1. The Bertz CT molecular complexity index is 528. The van der Waals surface area contributed by atoms with Crippen LogP contribution >= 0.6 is 11.6 Å². The number of halogens is 4. The highest BCUT2D eigenvalue weighted by molar-refractivity contribution is 6.32. The van der Waals surface area contributed by atoms with Crippen molar-refractivity contribution in [1.29, 1.82) is 5.26 Å². The summed E-state index contributed by atoms with van der Waals surface area (Å²) in [5.41, 5.74) is 0.293. The summed E-state index contributed by atoms with van der Waals surface area (Å²) in [7, 11) is 0. The molecule has 0 saturated heterocycles. The zero-order valence-corrected chi connectivity index (χ0v) is 10.2. The number of nitrogens with zero attached hydrogens (tertiary/aromatic N) is 1. The smallest absolute Gasteiger partial charge is 0.401 e. The van der Waals surface area contributed by atoms with Crippen LogP contribution in [-0.4, -0.2) is 19.5 Å². The largest absolute Gasteiger partial charge is 0.454 e. The second-order valence-electron chi connectivity index (χ2n) is 3.79. The number of rotatable bonds is 3. The molecule has 1 aliphatic heterocycles. The molecule has 0 fully saturated rings. The van der Waals surface area contributed by atoms with Gasteiger partial charge in [-0.3, -0.25) is 5.32 Å². The number of fused-ring (bicyclic) bond motifs is 1. The topological polar surface area (TPSA) is 54.3 Å². The van der Waals surface area contributed by atoms with Gasteiger partial charge >= 0.3 is 6.18 Å². The van der Waals surface area contributed by atoms with Crippen LogP contribution in [0.1, 0.15) is 11.6 Å². The summed E-state index contributed by atoms with van der Waals surface area (Å²) >= 11 is 5.90. The van der Waals surface area contributed by atoms with Crippen molar-refractivity contribution in [2.75, 3.05) is 13.3 Å². The van der Waals surface area contributed by atoms with E-state index in [0.717, 1.165) is 0 Å². The van der Waals surface area contributed by atoms with E-state index in [9.17, 15) is 13.2 Å². The van der Waals surface area contributed by atoms with Crippen LogP contribution in [0.3, 0.4) is 0 Å². The van der Waals surface area contributed by atoms with E-state index in [1.165, 1.54) is 12.1 Å². The molecule has 0 saturated carbocycles. The van der Waals surface area contributed by atoms with Crippen LogP contribution in [0.15, 0.2) is 12.1 Å². The molecule has 4 nitrogen and oxygen atoms in total. The maximum absolute atomic E-state index is 12.1. The maximum Gasteiger partial charge on any atom is 0.401 e. The normalized spacial score (nSPS) is 15.1. The predicted octanol–water partition coefficient (Wildman–Crippen LogP) is 2.79. The van der Waals surface area contributed by atoms with Gasteiger partial charge in [0.1, 0.15) is 6.04 Å². The molecule has 0 radical (unpaired) electrons. The molecule has 1 aromatic carbocycles. The summed E-state index contributed by atoms with van der Waals surface area (Å²) in [6.45, 7) is -1.27. The van der Waals surface area contributed by atoms with Crippen molar-refractivity contribution in [3.63, 3.8) is 0 Å². The fourth-order valence-electron chi connectivity index (χ4n) is 1.61. The summed E-state index contributed by atoms with van der Waals surface area (Å²) in [6, 6.07) is 3.43. The standard InChI is InChI=1S/C11H8ClF3N2O2/c12-7-1-6(2-9-10(7)19-5-18-9)8(3-16)17-4-11(13,14)15/h1-2,8,17H,4-5H2. The molecule has 8 heteroatoms. The quantitative estimate of drug-likeness (QED) is 0.931. The molecule has 1 aromatic rings. The fraction of sp³-hybridized carbons (Fsp3) is 0.364. The maximum atomic E-state index is 12.1. The van der Waals surface area contributed by atoms with Gasteiger partial charge in [-0.1, -0.05) is 11.6 Å². The highest BCUT2D eigenvalue weighted by Gasteiger charge is 2.29. The van der Waals surface area contributed by atoms with Crippen LogP contribution in [0, 0.1) is 11.3 Å². The van der Waals surface area contributed by atoms with Gasteiger partial charge < -0.3 is 9.47 Å². The van der Waals surface area contributed by atoms with Crippen molar-refractivity contribution in [3.8, 4) is 17.6 Å². The second kappa shape index (κ2) is 5.15. The Hall–Kier alpha value is -1.65. The minimum Gasteiger partial charge on any atom is -0.454 e. The Morgan fingerprint density at radius 2 is 2.16 bits per heavy atom. The van der Waals surface area contributed by atoms with Gasteiger partial charge in [0.25, 0.3) is 0 Å². The van der Waals surface area contributed by atoms with Crippen LogP contribution in [0.4, 0.5) is 13.2 Å². The zero-order chi connectivity index (χ0) is 14.0. The molecule has 0 bridgehead atoms. The van der Waals surface area contributed by atoms with Crippen molar-refractivity contribution in [3.05, 3.63) is 22.7 Å². The lowest BCUT2D eigenvalue weighted by atomic mass is 10.1. The number of benzene rings is 1. The van der Waals surface area contributed by atoms with Crippen molar-refractivity contribution in [1.82, 2.24) is 5.32 Å². The first-order chi connectivity index (χ1) is 8.90. The minimum absolute atomic E-state index is 0.00823. The molecule has 0 amide bonds. The Labute approximate surface area is 111 Å². The lowest BCUT2D eigenvalue weighted by Gasteiger charge is -2.14. The van der Waals surface area contributed by atoms with E-state index in [4.69, 9.17) is 26.3 Å². The fourth-order valence-corrected chi connectivity index (χ4v) is 1.88. The Kier molecular flexibility index (Phi) is 3.73. The molecule has 0 aliphatic carbocycles. The molecule has 2 rings (SSSR count). The van der Waals surface area contributed by atoms with Crippen molar-refractivity contribution in [2.24, 2.45) is 0 Å². The Balaban J connectivity index is 2.20. The molecule has 0 spiro atoms. The summed E-state index contributed by atoms with van der Waals surface area (Å²) < 4.78 is 46.5. The van der Waals surface area contributed by atoms with E-state index >= 15 is 0 Å². The van der Waals surface area contributed by atoms with Crippen LogP contribution in [0.5, 0.6) is 11.5 Å². The Morgan fingerprint density at radius 1 is 1.42 bits per heavy atom. The molecule has 0 aromatic heterocycles. The van der Waals surface area contributed by atoms with Gasteiger partial charge in [-0.2, -0.15) is 18.4 Å². The average molecular weight is 293 g/mol. The lowest BCUT2D eigenvalue weighted by Crippen LogP contribution is -2.31. The van der Waals surface area contributed by atoms with Gasteiger partial charge in [0, 0.05) is 0 Å². The molecular weight excluding hydrogens is 285 g/mol. The highest BCUT2D eigenvalue weighted by Crippen LogP contribution is 2.41. The average Bonchev–Trinajstić information content (AvgIpc) is 2.77. The van der Waals surface area contributed by atoms with E-state index in [-0.39, 0.29) is 11.8 Å². The Morgan fingerprint density at radius 3 is 2.79 bits per heavy atom. The van der Waals surface area contributed by atoms with Crippen LogP contribution in [0.2, 0.25) is 5.02 Å². The van der Waals surface area contributed by atoms with Gasteiger partial charge in [0.2, 0.25) is 6.79 Å². The van der Waals surface area contributed by atoms with E-state index < -0.39 is 18.8 Å². The van der Waals surface area contributed by atoms with Crippen LogP contribution in [0.25, 0.3) is 0 Å². The molecule has 1 unspecified atom stereocenters. The molecule has 1 N–H and O–H groups in total. The predicted molar refractivity (Wildman–Crippen MR) is 60.0 cm³/mol. The van der Waals surface area contributed by atoms with Crippen LogP contribution < -0.4 is 14.8 Å². The molecule has 1 heterocycles. The highest BCUT2D eigenvalue weighted by atomic mass is 35.5. The molecule has 102 valence electrons. The number of hydrogen-bond acceptors (Lipinski definition) is 4. The number of hydrogen-bond donors (Lipinski definition) is 1. The third kappa shape index (κ3) is 3.22. The molecule has 1 atom stereocenters. The van der Waals surface area contributed by atoms with E-state index in [0.29, 0.717) is 17.1 Å². The van der Waals surface area contributed by atoms with E-state index in [1.54, 1.807) is 6.07 Å². The number of nitrogens with one attached hydrogen (secondary N) is 1. The number of alkyl halides is 3. The molecule has 19 heavy (non-hydrogen) atoms. The third-order valence-corrected chi connectivity index (χ3v) is 2.70. The zero-order valence-electron chi connectivity index (χ0n) is 9.42. The summed E-state index contributed by atoms with van der Waals surface area (Å²) in [6.07, 6.45) is -4.39. The number of ether oxygens (including phenoxy) is 2. The van der Waals surface area contributed by atoms with Gasteiger partial charge in [0.15, 0.2) is 11.5 Å². The third-order valence-electron chi connectivity index (χ3n) is 2.42. The first-order valence-corrected chi connectivity index (χ1v) is 5.57. The van der Waals surface area contributed by atoms with Gasteiger partial charge in [0.05, 0.1) is 17.6 Å².